The van der Waals surface area contributed by atoms with Crippen molar-refractivity contribution in [2.24, 2.45) is 0 Å². The lowest BCUT2D eigenvalue weighted by Gasteiger charge is -2.15. The van der Waals surface area contributed by atoms with E-state index in [2.05, 4.69) is 15.3 Å². The van der Waals surface area contributed by atoms with Crippen molar-refractivity contribution in [3.05, 3.63) is 42.6 Å². The number of carboxylic acid groups (broad SMARTS) is 1. The molecule has 6 nitrogen and oxygen atoms in total. The van der Waals surface area contributed by atoms with Gasteiger partial charge in [-0.25, -0.2) is 14.8 Å². The van der Waals surface area contributed by atoms with Gasteiger partial charge in [-0.1, -0.05) is 0 Å². The molecule has 0 bridgehead atoms. The summed E-state index contributed by atoms with van der Waals surface area (Å²) in [5, 5.41) is 12.0. The van der Waals surface area contributed by atoms with Crippen LogP contribution in [0.4, 0.5) is 5.82 Å². The smallest absolute Gasteiger partial charge is 0.335 e. The molecule has 6 heteroatoms. The maximum atomic E-state index is 10.8. The highest BCUT2D eigenvalue weighted by Gasteiger charge is 2.07. The molecule has 0 amide bonds. The van der Waals surface area contributed by atoms with Crippen LogP contribution in [0.25, 0.3) is 0 Å². The number of anilines is 1. The standard InChI is InChI=1S/C12H14N4O2/c1-9(7-16-5-4-13-8-16)15-11-6-10(12(17)18)2-3-14-11/h2-6,8-9H,7H2,1H3,(H,14,15)(H,17,18). The maximum Gasteiger partial charge on any atom is 0.335 e. The number of aromatic carboxylic acids is 1. The van der Waals surface area contributed by atoms with E-state index in [1.807, 2.05) is 17.7 Å². The van der Waals surface area contributed by atoms with Gasteiger partial charge in [0.2, 0.25) is 0 Å². The average molecular weight is 246 g/mol. The lowest BCUT2D eigenvalue weighted by molar-refractivity contribution is 0.0697. The van der Waals surface area contributed by atoms with Crippen LogP contribution in [0.15, 0.2) is 37.1 Å². The highest BCUT2D eigenvalue weighted by Crippen LogP contribution is 2.08. The average Bonchev–Trinajstić information content (AvgIpc) is 2.82. The first-order valence-corrected chi connectivity index (χ1v) is 5.57. The minimum atomic E-state index is -0.956. The Morgan fingerprint density at radius 1 is 1.56 bits per heavy atom. The Morgan fingerprint density at radius 3 is 3.06 bits per heavy atom. The zero-order valence-electron chi connectivity index (χ0n) is 9.95. The van der Waals surface area contributed by atoms with Gasteiger partial charge < -0.3 is 15.0 Å². The van der Waals surface area contributed by atoms with E-state index in [1.54, 1.807) is 12.5 Å². The zero-order chi connectivity index (χ0) is 13.0. The van der Waals surface area contributed by atoms with Crippen LogP contribution in [0.2, 0.25) is 0 Å². The summed E-state index contributed by atoms with van der Waals surface area (Å²) >= 11 is 0. The van der Waals surface area contributed by atoms with E-state index in [9.17, 15) is 4.79 Å². The molecule has 0 saturated carbocycles. The third kappa shape index (κ3) is 3.07. The van der Waals surface area contributed by atoms with E-state index in [1.165, 1.54) is 18.3 Å². The van der Waals surface area contributed by atoms with Gasteiger partial charge in [-0.3, -0.25) is 0 Å². The Balaban J connectivity index is 2.00. The van der Waals surface area contributed by atoms with E-state index in [4.69, 9.17) is 5.11 Å². The highest BCUT2D eigenvalue weighted by atomic mass is 16.4. The van der Waals surface area contributed by atoms with Crippen molar-refractivity contribution in [2.45, 2.75) is 19.5 Å². The topological polar surface area (TPSA) is 80.0 Å². The predicted octanol–water partition coefficient (Wildman–Crippen LogP) is 1.48. The quantitative estimate of drug-likeness (QED) is 0.835. The van der Waals surface area contributed by atoms with Crippen molar-refractivity contribution in [3.8, 4) is 0 Å². The summed E-state index contributed by atoms with van der Waals surface area (Å²) in [4.78, 5) is 18.9. The van der Waals surface area contributed by atoms with E-state index in [-0.39, 0.29) is 11.6 Å². The SMILES string of the molecule is CC(Cn1ccnc1)Nc1cc(C(=O)O)ccn1. The maximum absolute atomic E-state index is 10.8. The van der Waals surface area contributed by atoms with Crippen LogP contribution in [-0.2, 0) is 6.54 Å². The molecule has 0 fully saturated rings. The number of carbonyl (C=O) groups is 1. The third-order valence-electron chi connectivity index (χ3n) is 2.45. The second kappa shape index (κ2) is 5.31. The van der Waals surface area contributed by atoms with Crippen LogP contribution >= 0.6 is 0 Å². The molecular weight excluding hydrogens is 232 g/mol. The number of rotatable bonds is 5. The van der Waals surface area contributed by atoms with E-state index in [0.717, 1.165) is 6.54 Å². The molecule has 0 radical (unpaired) electrons. The fourth-order valence-electron chi connectivity index (χ4n) is 1.65. The lowest BCUT2D eigenvalue weighted by Crippen LogP contribution is -2.22. The molecule has 0 aromatic carbocycles. The number of nitrogens with one attached hydrogen (secondary N) is 1. The summed E-state index contributed by atoms with van der Waals surface area (Å²) in [5.41, 5.74) is 0.224. The van der Waals surface area contributed by atoms with Gasteiger partial charge in [0.15, 0.2) is 0 Å². The van der Waals surface area contributed by atoms with Crippen LogP contribution in [0.5, 0.6) is 0 Å². The van der Waals surface area contributed by atoms with Crippen LogP contribution in [0.1, 0.15) is 17.3 Å². The van der Waals surface area contributed by atoms with Crippen LogP contribution in [0.3, 0.4) is 0 Å². The first kappa shape index (κ1) is 12.1. The first-order chi connectivity index (χ1) is 8.65. The van der Waals surface area contributed by atoms with Crippen molar-refractivity contribution >= 4 is 11.8 Å². The summed E-state index contributed by atoms with van der Waals surface area (Å²) in [6.07, 6.45) is 6.81. The molecular formula is C12H14N4O2. The highest BCUT2D eigenvalue weighted by molar-refractivity contribution is 5.88. The Kier molecular flexibility index (Phi) is 3.57. The van der Waals surface area contributed by atoms with E-state index in [0.29, 0.717) is 5.82 Å². The molecule has 2 heterocycles. The molecule has 2 aromatic rings. The molecule has 0 aliphatic rings. The van der Waals surface area contributed by atoms with Gasteiger partial charge in [-0.2, -0.15) is 0 Å². The molecule has 18 heavy (non-hydrogen) atoms. The van der Waals surface area contributed by atoms with Crippen molar-refractivity contribution in [3.63, 3.8) is 0 Å². The summed E-state index contributed by atoms with van der Waals surface area (Å²) < 4.78 is 1.94. The minimum absolute atomic E-state index is 0.121. The number of hydrogen-bond acceptors (Lipinski definition) is 4. The second-order valence-corrected chi connectivity index (χ2v) is 4.04. The molecule has 2 N–H and O–H groups in total. The Morgan fingerprint density at radius 2 is 2.39 bits per heavy atom. The summed E-state index contributed by atoms with van der Waals surface area (Å²) in [6, 6.07) is 3.11. The first-order valence-electron chi connectivity index (χ1n) is 5.57. The zero-order valence-corrected chi connectivity index (χ0v) is 9.95. The van der Waals surface area contributed by atoms with Crippen molar-refractivity contribution in [1.82, 2.24) is 14.5 Å². The second-order valence-electron chi connectivity index (χ2n) is 4.04. The van der Waals surface area contributed by atoms with Crippen molar-refractivity contribution in [1.29, 1.82) is 0 Å². The van der Waals surface area contributed by atoms with Gasteiger partial charge in [0.05, 0.1) is 11.9 Å². The van der Waals surface area contributed by atoms with Gasteiger partial charge in [0, 0.05) is 31.2 Å². The van der Waals surface area contributed by atoms with Gasteiger partial charge in [-0.05, 0) is 19.1 Å². The van der Waals surface area contributed by atoms with Crippen molar-refractivity contribution in [2.75, 3.05) is 5.32 Å². The molecule has 0 spiro atoms. The van der Waals surface area contributed by atoms with Crippen LogP contribution < -0.4 is 5.32 Å². The predicted molar refractivity (Wildman–Crippen MR) is 66.5 cm³/mol. The number of aromatic nitrogens is 3. The number of hydrogen-bond donors (Lipinski definition) is 2. The Hall–Kier alpha value is -2.37. The van der Waals surface area contributed by atoms with Crippen molar-refractivity contribution < 1.29 is 9.90 Å². The van der Waals surface area contributed by atoms with Crippen LogP contribution in [-0.4, -0.2) is 31.7 Å². The van der Waals surface area contributed by atoms with Gasteiger partial charge in [0.1, 0.15) is 5.82 Å². The van der Waals surface area contributed by atoms with E-state index >= 15 is 0 Å². The molecule has 94 valence electrons. The molecule has 2 aromatic heterocycles. The largest absolute Gasteiger partial charge is 0.478 e. The van der Waals surface area contributed by atoms with Gasteiger partial charge >= 0.3 is 5.97 Å². The third-order valence-corrected chi connectivity index (χ3v) is 2.45. The molecule has 0 saturated heterocycles. The molecule has 1 unspecified atom stereocenters. The lowest BCUT2D eigenvalue weighted by atomic mass is 10.2. The monoisotopic (exact) mass is 246 g/mol. The number of carboxylic acids is 1. The van der Waals surface area contributed by atoms with E-state index < -0.39 is 5.97 Å². The molecule has 1 atom stereocenters. The normalized spacial score (nSPS) is 12.1. The fourth-order valence-corrected chi connectivity index (χ4v) is 1.65. The molecule has 0 aliphatic heterocycles. The van der Waals surface area contributed by atoms with Crippen LogP contribution in [0, 0.1) is 0 Å². The fraction of sp³-hybridized carbons (Fsp3) is 0.250. The van der Waals surface area contributed by atoms with Gasteiger partial charge in [-0.15, -0.1) is 0 Å². The summed E-state index contributed by atoms with van der Waals surface area (Å²) in [6.45, 7) is 2.73. The molecule has 0 aliphatic carbocycles. The summed E-state index contributed by atoms with van der Waals surface area (Å²) in [7, 11) is 0. The Bertz CT molecular complexity index is 525. The minimum Gasteiger partial charge on any atom is -0.478 e. The summed E-state index contributed by atoms with van der Waals surface area (Å²) in [5.74, 6) is -0.398. The number of pyridine rings is 1. The van der Waals surface area contributed by atoms with Gasteiger partial charge in [0.25, 0.3) is 0 Å². The molecule has 2 rings (SSSR count). The Labute approximate surface area is 104 Å². The number of imidazole rings is 1. The number of nitrogens with zero attached hydrogens (tertiary/aromatic N) is 3.